The second kappa shape index (κ2) is 62.1. The van der Waals surface area contributed by atoms with Crippen LogP contribution >= 0.6 is 101 Å². The van der Waals surface area contributed by atoms with Gasteiger partial charge in [0.2, 0.25) is 21.6 Å². The van der Waals surface area contributed by atoms with E-state index in [-0.39, 0.29) is 68.8 Å². The molecule has 4 aromatic carbocycles. The molecule has 588 valence electrons. The highest BCUT2D eigenvalue weighted by molar-refractivity contribution is 9.19. The Morgan fingerprint density at radius 3 is 0.922 bits per heavy atom. The highest BCUT2D eigenvalue weighted by atomic mass is 79.9. The number of nitrogens with one attached hydrogen (secondary N) is 2. The summed E-state index contributed by atoms with van der Waals surface area (Å²) in [6.07, 6.45) is 0. The Bertz CT molecular complexity index is 2850. The van der Waals surface area contributed by atoms with E-state index in [0.29, 0.717) is 51.5 Å². The Hall–Kier alpha value is -1.70. The molecule has 0 saturated heterocycles. The summed E-state index contributed by atoms with van der Waals surface area (Å²) in [5.41, 5.74) is 6.96. The smallest absolute Gasteiger partial charge is 0.339 e. The lowest BCUT2D eigenvalue weighted by Gasteiger charge is -2.38. The molecule has 0 fully saturated rings. The van der Waals surface area contributed by atoms with E-state index in [9.17, 15) is 41.5 Å². The van der Waals surface area contributed by atoms with Crippen molar-refractivity contribution in [1.82, 2.24) is 15.5 Å². The fraction of sp³-hybridized carbons (Fsp3) is 0.606. The highest BCUT2D eigenvalue weighted by Crippen LogP contribution is 2.72. The fourth-order valence-corrected chi connectivity index (χ4v) is 25.0. The molecule has 36 heteroatoms. The average molecular weight is 1780 g/mol. The van der Waals surface area contributed by atoms with E-state index in [1.807, 2.05) is 98.5 Å². The third-order valence-electron chi connectivity index (χ3n) is 11.9. The van der Waals surface area contributed by atoms with E-state index in [1.165, 1.54) is 37.8 Å². The third kappa shape index (κ3) is 48.0. The molecule has 0 aliphatic heterocycles. The van der Waals surface area contributed by atoms with Crippen LogP contribution in [-0.4, -0.2) is 162 Å². The van der Waals surface area contributed by atoms with Crippen LogP contribution in [0.3, 0.4) is 0 Å². The van der Waals surface area contributed by atoms with E-state index in [0.717, 1.165) is 24.2 Å². The molecule has 0 saturated carbocycles. The average Bonchev–Trinajstić information content (AvgIpc) is 0.772. The summed E-state index contributed by atoms with van der Waals surface area (Å²) in [5, 5.41) is 6.48. The molecule has 0 aromatic heterocycles. The van der Waals surface area contributed by atoms with Crippen LogP contribution in [0.1, 0.15) is 112 Å². The molecule has 102 heavy (non-hydrogen) atoms. The van der Waals surface area contributed by atoms with E-state index < -0.39 is 76.0 Å². The van der Waals surface area contributed by atoms with Crippen molar-refractivity contribution in [2.45, 2.75) is 139 Å². The maximum absolute atomic E-state index is 14.1. The molecule has 0 radical (unpaired) electrons. The van der Waals surface area contributed by atoms with Crippen molar-refractivity contribution < 1.29 is 101 Å². The van der Waals surface area contributed by atoms with Crippen LogP contribution in [0.5, 0.6) is 0 Å². The molecule has 0 atom stereocenters. The lowest BCUT2D eigenvalue weighted by Crippen LogP contribution is -2.36. The summed E-state index contributed by atoms with van der Waals surface area (Å²) < 4.78 is 154. The SMILES string of the molecule is CCOC(OCC)OCC.CCOP(=O)(OCC)C(N(Cc1ccccc1)Cc1ccccc1)P(=O)(OCC)OCC.CCOP(=O)(OCC)C(N)P(=O)(OCC)OCC.CCO[P+](=O)OCC.CP(C)(=O)C(NC(=O)CBr)P(C)(C)=O.O=C(Br)CBr.c1ccc(CNCc2ccccc2)cc1. The summed E-state index contributed by atoms with van der Waals surface area (Å²) in [5.74, 6) is -0.289. The van der Waals surface area contributed by atoms with Crippen molar-refractivity contribution in [2.24, 2.45) is 5.73 Å². The highest BCUT2D eigenvalue weighted by Gasteiger charge is 2.54. The Morgan fingerprint density at radius 2 is 0.696 bits per heavy atom. The minimum atomic E-state index is -3.93. The Kier molecular flexibility index (Phi) is 63.6. The van der Waals surface area contributed by atoms with Crippen molar-refractivity contribution in [1.29, 1.82) is 0 Å². The van der Waals surface area contributed by atoms with Gasteiger partial charge in [-0.05, 0) is 155 Å². The van der Waals surface area contributed by atoms with Crippen molar-refractivity contribution >= 4 is 111 Å². The molecule has 0 aliphatic carbocycles. The van der Waals surface area contributed by atoms with Crippen molar-refractivity contribution in [2.75, 3.05) is 123 Å². The van der Waals surface area contributed by atoms with Gasteiger partial charge in [-0.1, -0.05) is 153 Å². The normalized spacial score (nSPS) is 11.7. The van der Waals surface area contributed by atoms with Crippen molar-refractivity contribution in [3.63, 3.8) is 0 Å². The molecule has 4 rings (SSSR count). The lowest BCUT2D eigenvalue weighted by atomic mass is 10.2. The molecular weight excluding hydrogens is 1660 g/mol. The fourth-order valence-electron chi connectivity index (χ4n) is 8.27. The Morgan fingerprint density at radius 1 is 0.431 bits per heavy atom. The number of alkyl halides is 2. The lowest BCUT2D eigenvalue weighted by molar-refractivity contribution is -0.282. The largest absolute Gasteiger partial charge is 0.697 e. The molecular formula is C66H117Br3N4O22P7+. The first-order valence-electron chi connectivity index (χ1n) is 33.5. The van der Waals surface area contributed by atoms with Crippen LogP contribution in [-0.2, 0) is 127 Å². The summed E-state index contributed by atoms with van der Waals surface area (Å²) in [6, 6.07) is 40.4. The number of carbonyl (C=O) groups is 2. The van der Waals surface area contributed by atoms with Crippen LogP contribution in [0.15, 0.2) is 121 Å². The van der Waals surface area contributed by atoms with Gasteiger partial charge in [0.1, 0.15) is 33.0 Å². The van der Waals surface area contributed by atoms with Gasteiger partial charge in [-0.3, -0.25) is 32.7 Å². The number of ether oxygens (including phenoxy) is 3. The van der Waals surface area contributed by atoms with Gasteiger partial charge in [-0.2, -0.15) is 0 Å². The standard InChI is InChI=1S/C23H35NO6P2.C14H15N.C9H23NO6P2.C7H16BrNO3P2.C7H16O3.C4H10O3P.C2H2Br2O/c1-5-27-31(25,28-6-2)23(32(26,29-7-3)30-8-4)24(19-21-15-11-9-12-16-21)20-22-17-13-10-14-18-22;1-3-7-13(8-4-1)11-15-12-14-9-5-2-6-10-14;1-5-13-17(11,14-6-2)9(10)18(12,15-7-3)16-8-4;1-13(2,11)7(14(3,4)12)9-6(10)5-8;1-4-8-7(9-5-2)10-6-3;1-3-6-8(5)7-4-2;3-1-2(4)5/h9-18,23H,5-8,19-20H2,1-4H3;1-10,15H,11-12H2;9H,5-8,10H2,1-4H3;7H,5H2,1-4H3,(H,9,10);7H,4-6H2,1-3H3;3-4H2,1-2H3;1H2/q;;;;;+1;. The molecule has 1 amide bonds. The molecule has 0 heterocycles. The number of carbonyl (C=O) groups excluding carboxylic acids is 2. The van der Waals surface area contributed by atoms with Gasteiger partial charge in [0, 0.05) is 50.6 Å². The van der Waals surface area contributed by atoms with E-state index in [4.69, 9.17) is 56.1 Å². The molecule has 0 spiro atoms. The number of nitrogens with two attached hydrogens (primary N) is 1. The maximum atomic E-state index is 14.1. The molecule has 0 bridgehead atoms. The number of rotatable bonds is 44. The number of hydrogen-bond acceptors (Lipinski definition) is 25. The molecule has 0 aliphatic rings. The topological polar surface area (TPSA) is 327 Å². The van der Waals surface area contributed by atoms with Crippen LogP contribution < -0.4 is 16.4 Å². The molecule has 26 nitrogen and oxygen atoms in total. The first-order chi connectivity index (χ1) is 48.3. The Balaban J connectivity index is -0.00000121. The molecule has 0 unspecified atom stereocenters. The summed E-state index contributed by atoms with van der Waals surface area (Å²) in [4.78, 5) is 22.6. The zero-order chi connectivity index (χ0) is 78.1. The van der Waals surface area contributed by atoms with Crippen molar-refractivity contribution in [3.8, 4) is 0 Å². The van der Waals surface area contributed by atoms with Gasteiger partial charge < -0.3 is 75.9 Å². The third-order valence-corrected chi connectivity index (χ3v) is 32.2. The first-order valence-corrected chi connectivity index (χ1v) is 49.4. The van der Waals surface area contributed by atoms with Gasteiger partial charge in [0.05, 0.1) is 63.5 Å². The van der Waals surface area contributed by atoms with E-state index in [1.54, 1.807) is 69.2 Å². The zero-order valence-electron chi connectivity index (χ0n) is 62.6. The number of amides is 1. The van der Waals surface area contributed by atoms with Crippen LogP contribution in [0.4, 0.5) is 0 Å². The first kappa shape index (κ1) is 104. The number of nitrogens with zero attached hydrogens (tertiary/aromatic N) is 1. The van der Waals surface area contributed by atoms with Gasteiger partial charge in [-0.15, -0.1) is 9.05 Å². The van der Waals surface area contributed by atoms with Crippen molar-refractivity contribution in [3.05, 3.63) is 144 Å². The minimum Gasteiger partial charge on any atom is -0.339 e. The zero-order valence-corrected chi connectivity index (χ0v) is 73.6. The predicted molar refractivity (Wildman–Crippen MR) is 423 cm³/mol. The van der Waals surface area contributed by atoms with Gasteiger partial charge in [-0.25, -0.2) is 0 Å². The minimum absolute atomic E-state index is 0.0162. The number of hydrogen-bond donors (Lipinski definition) is 3. The second-order valence-corrected chi connectivity index (χ2v) is 40.3. The maximum Gasteiger partial charge on any atom is 0.697 e. The second-order valence-electron chi connectivity index (χ2n) is 20.9. The van der Waals surface area contributed by atoms with Crippen LogP contribution in [0.2, 0.25) is 0 Å². The molecule has 4 N–H and O–H groups in total. The Labute approximate surface area is 635 Å². The monoisotopic (exact) mass is 1770 g/mol. The van der Waals surface area contributed by atoms with E-state index >= 15 is 0 Å². The number of halogens is 3. The van der Waals surface area contributed by atoms with Gasteiger partial charge in [0.25, 0.3) is 6.48 Å². The summed E-state index contributed by atoms with van der Waals surface area (Å²) >= 11 is 8.59. The van der Waals surface area contributed by atoms with Gasteiger partial charge in [0.15, 0.2) is 0 Å². The van der Waals surface area contributed by atoms with E-state index in [2.05, 4.69) is 116 Å². The van der Waals surface area contributed by atoms with Crippen LogP contribution in [0, 0.1) is 0 Å². The predicted octanol–water partition coefficient (Wildman–Crippen LogP) is 18.7. The summed E-state index contributed by atoms with van der Waals surface area (Å²) in [6.45, 7) is 34.8. The van der Waals surface area contributed by atoms with Gasteiger partial charge >= 0.3 is 38.6 Å². The van der Waals surface area contributed by atoms with Crippen LogP contribution in [0.25, 0.3) is 0 Å². The quantitative estimate of drug-likeness (QED) is 0.0160. The summed E-state index contributed by atoms with van der Waals surface area (Å²) in [7, 11) is -22.3. The number of benzene rings is 4. The molecule has 4 aromatic rings.